The Morgan fingerprint density at radius 3 is 2.12 bits per heavy atom. The van der Waals surface area contributed by atoms with Gasteiger partial charge in [0.2, 0.25) is 5.91 Å². The number of nitrogens with one attached hydrogen (secondary N) is 2. The van der Waals surface area contributed by atoms with Crippen LogP contribution in [0.15, 0.2) is 72.4 Å². The third-order valence-electron chi connectivity index (χ3n) is 3.83. The zero-order valence-electron chi connectivity index (χ0n) is 15.1. The molecule has 4 heteroatoms. The molecule has 0 radical (unpaired) electrons. The summed E-state index contributed by atoms with van der Waals surface area (Å²) in [5, 5.41) is 5.57. The molecule has 2 aromatic rings. The Kier molecular flexibility index (Phi) is 7.37. The lowest BCUT2D eigenvalue weighted by Crippen LogP contribution is -2.38. The SMILES string of the molecule is CCC(C)NC(=O)/C(=C/c1ccccc1)NC(=O)/C=C/c1ccccc1. The summed E-state index contributed by atoms with van der Waals surface area (Å²) in [6.07, 6.45) is 5.62. The molecule has 0 bridgehead atoms. The minimum Gasteiger partial charge on any atom is -0.348 e. The largest absolute Gasteiger partial charge is 0.348 e. The maximum Gasteiger partial charge on any atom is 0.268 e. The van der Waals surface area contributed by atoms with Gasteiger partial charge in [-0.25, -0.2) is 0 Å². The standard InChI is InChI=1S/C22H24N2O2/c1-3-17(2)23-22(26)20(16-19-12-8-5-9-13-19)24-21(25)15-14-18-10-6-4-7-11-18/h4-17H,3H2,1-2H3,(H,23,26)(H,24,25)/b15-14+,20-16-. The van der Waals surface area contributed by atoms with Crippen molar-refractivity contribution in [3.8, 4) is 0 Å². The van der Waals surface area contributed by atoms with Crippen LogP contribution in [0.2, 0.25) is 0 Å². The first kappa shape index (κ1) is 19.2. The quantitative estimate of drug-likeness (QED) is 0.748. The lowest BCUT2D eigenvalue weighted by atomic mass is 10.1. The van der Waals surface area contributed by atoms with Gasteiger partial charge in [0.15, 0.2) is 0 Å². The van der Waals surface area contributed by atoms with E-state index >= 15 is 0 Å². The number of hydrogen-bond donors (Lipinski definition) is 2. The molecule has 0 heterocycles. The minimum atomic E-state index is -0.352. The van der Waals surface area contributed by atoms with E-state index in [0.29, 0.717) is 0 Å². The second-order valence-corrected chi connectivity index (χ2v) is 5.98. The third-order valence-corrected chi connectivity index (χ3v) is 3.83. The molecule has 0 saturated carbocycles. The Morgan fingerprint density at radius 2 is 1.54 bits per heavy atom. The van der Waals surface area contributed by atoms with Gasteiger partial charge < -0.3 is 10.6 Å². The van der Waals surface area contributed by atoms with Gasteiger partial charge in [0.25, 0.3) is 5.91 Å². The van der Waals surface area contributed by atoms with Gasteiger partial charge in [0, 0.05) is 12.1 Å². The third kappa shape index (κ3) is 6.40. The molecule has 2 aromatic carbocycles. The molecule has 1 unspecified atom stereocenters. The Labute approximate surface area is 154 Å². The van der Waals surface area contributed by atoms with Crippen LogP contribution in [0.4, 0.5) is 0 Å². The van der Waals surface area contributed by atoms with E-state index in [-0.39, 0.29) is 23.6 Å². The lowest BCUT2D eigenvalue weighted by molar-refractivity contribution is -0.121. The first-order valence-electron chi connectivity index (χ1n) is 8.70. The molecule has 2 rings (SSSR count). The van der Waals surface area contributed by atoms with Crippen LogP contribution < -0.4 is 10.6 Å². The van der Waals surface area contributed by atoms with Crippen molar-refractivity contribution >= 4 is 24.0 Å². The van der Waals surface area contributed by atoms with Gasteiger partial charge in [-0.05, 0) is 36.6 Å². The molecule has 2 amide bonds. The van der Waals surface area contributed by atoms with Crippen molar-refractivity contribution in [2.24, 2.45) is 0 Å². The topological polar surface area (TPSA) is 58.2 Å². The monoisotopic (exact) mass is 348 g/mol. The molecule has 0 aliphatic carbocycles. The molecule has 1 atom stereocenters. The summed E-state index contributed by atoms with van der Waals surface area (Å²) in [5.74, 6) is -0.653. The number of rotatable bonds is 7. The summed E-state index contributed by atoms with van der Waals surface area (Å²) in [7, 11) is 0. The van der Waals surface area contributed by atoms with Crippen molar-refractivity contribution in [2.75, 3.05) is 0 Å². The molecule has 0 aliphatic rings. The minimum absolute atomic E-state index is 0.0263. The van der Waals surface area contributed by atoms with E-state index in [1.165, 1.54) is 6.08 Å². The number of carbonyl (C=O) groups excluding carboxylic acids is 2. The highest BCUT2D eigenvalue weighted by molar-refractivity contribution is 6.04. The average Bonchev–Trinajstić information content (AvgIpc) is 2.67. The molecule has 0 aliphatic heterocycles. The highest BCUT2D eigenvalue weighted by Gasteiger charge is 2.13. The van der Waals surface area contributed by atoms with Crippen LogP contribution >= 0.6 is 0 Å². The Hall–Kier alpha value is -3.14. The summed E-state index contributed by atoms with van der Waals surface area (Å²) in [6, 6.07) is 19.0. The van der Waals surface area contributed by atoms with E-state index in [0.717, 1.165) is 17.5 Å². The van der Waals surface area contributed by atoms with Crippen LogP contribution in [-0.2, 0) is 9.59 Å². The fourth-order valence-corrected chi connectivity index (χ4v) is 2.19. The van der Waals surface area contributed by atoms with Crippen LogP contribution in [0.25, 0.3) is 12.2 Å². The van der Waals surface area contributed by atoms with Crippen LogP contribution in [-0.4, -0.2) is 17.9 Å². The molecule has 0 aromatic heterocycles. The van der Waals surface area contributed by atoms with Crippen LogP contribution in [0.1, 0.15) is 31.4 Å². The van der Waals surface area contributed by atoms with Crippen molar-refractivity contribution in [3.63, 3.8) is 0 Å². The fraction of sp³-hybridized carbons (Fsp3) is 0.182. The van der Waals surface area contributed by atoms with Gasteiger partial charge in [0.05, 0.1) is 0 Å². The van der Waals surface area contributed by atoms with Gasteiger partial charge in [-0.15, -0.1) is 0 Å². The van der Waals surface area contributed by atoms with Crippen molar-refractivity contribution in [2.45, 2.75) is 26.3 Å². The van der Waals surface area contributed by atoms with E-state index < -0.39 is 0 Å². The summed E-state index contributed by atoms with van der Waals surface area (Å²) in [4.78, 5) is 24.8. The first-order valence-corrected chi connectivity index (χ1v) is 8.70. The molecule has 134 valence electrons. The average molecular weight is 348 g/mol. The summed E-state index contributed by atoms with van der Waals surface area (Å²) in [5.41, 5.74) is 1.98. The Morgan fingerprint density at radius 1 is 0.962 bits per heavy atom. The highest BCUT2D eigenvalue weighted by atomic mass is 16.2. The van der Waals surface area contributed by atoms with E-state index in [4.69, 9.17) is 0 Å². The van der Waals surface area contributed by atoms with Gasteiger partial charge in [-0.1, -0.05) is 67.6 Å². The van der Waals surface area contributed by atoms with Crippen LogP contribution in [0.3, 0.4) is 0 Å². The van der Waals surface area contributed by atoms with Gasteiger partial charge >= 0.3 is 0 Å². The normalized spacial score (nSPS) is 12.6. The van der Waals surface area contributed by atoms with Crippen LogP contribution in [0, 0.1) is 0 Å². The molecular formula is C22H24N2O2. The zero-order chi connectivity index (χ0) is 18.8. The number of carbonyl (C=O) groups is 2. The first-order chi connectivity index (χ1) is 12.6. The smallest absolute Gasteiger partial charge is 0.268 e. The molecule has 0 fully saturated rings. The maximum atomic E-state index is 12.5. The molecule has 4 nitrogen and oxygen atoms in total. The van der Waals surface area contributed by atoms with Crippen LogP contribution in [0.5, 0.6) is 0 Å². The molecule has 0 saturated heterocycles. The van der Waals surface area contributed by atoms with Crippen molar-refractivity contribution in [1.29, 1.82) is 0 Å². The predicted octanol–water partition coefficient (Wildman–Crippen LogP) is 3.77. The van der Waals surface area contributed by atoms with E-state index in [1.54, 1.807) is 12.2 Å². The molecule has 2 N–H and O–H groups in total. The highest BCUT2D eigenvalue weighted by Crippen LogP contribution is 2.06. The van der Waals surface area contributed by atoms with E-state index in [2.05, 4.69) is 10.6 Å². The van der Waals surface area contributed by atoms with E-state index in [9.17, 15) is 9.59 Å². The second-order valence-electron chi connectivity index (χ2n) is 5.98. The van der Waals surface area contributed by atoms with Crippen molar-refractivity contribution in [1.82, 2.24) is 10.6 Å². The Balaban J connectivity index is 2.15. The Bertz CT molecular complexity index is 780. The van der Waals surface area contributed by atoms with Gasteiger partial charge in [-0.2, -0.15) is 0 Å². The zero-order valence-corrected chi connectivity index (χ0v) is 15.1. The number of hydrogen-bond acceptors (Lipinski definition) is 2. The van der Waals surface area contributed by atoms with Gasteiger partial charge in [-0.3, -0.25) is 9.59 Å². The summed E-state index contributed by atoms with van der Waals surface area (Å²) >= 11 is 0. The predicted molar refractivity (Wildman–Crippen MR) is 106 cm³/mol. The number of amides is 2. The summed E-state index contributed by atoms with van der Waals surface area (Å²) in [6.45, 7) is 3.92. The molecular weight excluding hydrogens is 324 g/mol. The summed E-state index contributed by atoms with van der Waals surface area (Å²) < 4.78 is 0. The maximum absolute atomic E-state index is 12.5. The fourth-order valence-electron chi connectivity index (χ4n) is 2.19. The van der Waals surface area contributed by atoms with E-state index in [1.807, 2.05) is 74.5 Å². The van der Waals surface area contributed by atoms with Crippen molar-refractivity contribution in [3.05, 3.63) is 83.6 Å². The number of benzene rings is 2. The lowest BCUT2D eigenvalue weighted by Gasteiger charge is -2.14. The molecule has 26 heavy (non-hydrogen) atoms. The van der Waals surface area contributed by atoms with Gasteiger partial charge in [0.1, 0.15) is 5.70 Å². The second kappa shape index (κ2) is 9.99. The van der Waals surface area contributed by atoms with Crippen molar-refractivity contribution < 1.29 is 9.59 Å². The molecule has 0 spiro atoms.